The monoisotopic (exact) mass is 308 g/mol. The Kier molecular flexibility index (Phi) is 6.39. The molecular formula is C16H28N4O2. The number of aryl methyl sites for hydroxylation is 2. The van der Waals surface area contributed by atoms with Gasteiger partial charge in [-0.3, -0.25) is 14.4 Å². The average molecular weight is 308 g/mol. The fraction of sp³-hybridized carbons (Fsp3) is 0.750. The maximum Gasteiger partial charge on any atom is 0.234 e. The molecule has 0 aliphatic carbocycles. The third kappa shape index (κ3) is 5.10. The van der Waals surface area contributed by atoms with Gasteiger partial charge in [-0.1, -0.05) is 0 Å². The summed E-state index contributed by atoms with van der Waals surface area (Å²) in [5, 5.41) is 7.41. The van der Waals surface area contributed by atoms with Gasteiger partial charge in [0, 0.05) is 25.9 Å². The van der Waals surface area contributed by atoms with Gasteiger partial charge in [0.1, 0.15) is 0 Å². The van der Waals surface area contributed by atoms with Crippen LogP contribution in [0.1, 0.15) is 24.2 Å². The summed E-state index contributed by atoms with van der Waals surface area (Å²) in [6.07, 6.45) is 2.26. The zero-order valence-electron chi connectivity index (χ0n) is 14.0. The highest BCUT2D eigenvalue weighted by Crippen LogP contribution is 2.19. The van der Waals surface area contributed by atoms with Crippen molar-refractivity contribution in [2.75, 3.05) is 39.9 Å². The van der Waals surface area contributed by atoms with E-state index in [1.807, 2.05) is 6.92 Å². The van der Waals surface area contributed by atoms with Crippen LogP contribution in [0.3, 0.4) is 0 Å². The van der Waals surface area contributed by atoms with Crippen LogP contribution < -0.4 is 5.32 Å². The number of hydrogen-bond acceptors (Lipinski definition) is 4. The van der Waals surface area contributed by atoms with Gasteiger partial charge >= 0.3 is 0 Å². The Morgan fingerprint density at radius 3 is 2.73 bits per heavy atom. The molecule has 2 rings (SSSR count). The molecule has 6 nitrogen and oxygen atoms in total. The first-order chi connectivity index (χ1) is 10.6. The Hall–Kier alpha value is -1.40. The zero-order valence-corrected chi connectivity index (χ0v) is 14.0. The summed E-state index contributed by atoms with van der Waals surface area (Å²) in [5.74, 6) is 0.750. The SMILES string of the molecule is COCCNC(=O)CN1CCC(Cn2nc(C)cc2C)CC1. The Bertz CT molecular complexity index is 478. The van der Waals surface area contributed by atoms with Gasteiger partial charge in [-0.25, -0.2) is 0 Å². The van der Waals surface area contributed by atoms with Gasteiger partial charge in [-0.15, -0.1) is 0 Å². The Morgan fingerprint density at radius 1 is 1.41 bits per heavy atom. The molecule has 1 saturated heterocycles. The molecule has 6 heteroatoms. The lowest BCUT2D eigenvalue weighted by Crippen LogP contribution is -2.42. The minimum absolute atomic E-state index is 0.0917. The number of carbonyl (C=O) groups excluding carboxylic acids is 1. The number of nitrogens with zero attached hydrogens (tertiary/aromatic N) is 3. The topological polar surface area (TPSA) is 59.4 Å². The Morgan fingerprint density at radius 2 is 2.14 bits per heavy atom. The normalized spacial score (nSPS) is 16.9. The zero-order chi connectivity index (χ0) is 15.9. The van der Waals surface area contributed by atoms with Crippen LogP contribution in [0.5, 0.6) is 0 Å². The molecule has 124 valence electrons. The maximum atomic E-state index is 11.8. The molecule has 0 unspecified atom stereocenters. The number of aromatic nitrogens is 2. The predicted molar refractivity (Wildman–Crippen MR) is 85.8 cm³/mol. The fourth-order valence-electron chi connectivity index (χ4n) is 2.98. The Balaban J connectivity index is 1.69. The van der Waals surface area contributed by atoms with Crippen LogP contribution in [0.2, 0.25) is 0 Å². The van der Waals surface area contributed by atoms with Crippen LogP contribution in [0.25, 0.3) is 0 Å². The second kappa shape index (κ2) is 8.29. The highest BCUT2D eigenvalue weighted by atomic mass is 16.5. The quantitative estimate of drug-likeness (QED) is 0.763. The van der Waals surface area contributed by atoms with Gasteiger partial charge in [0.2, 0.25) is 5.91 Å². The van der Waals surface area contributed by atoms with E-state index in [0.717, 1.165) is 38.2 Å². The summed E-state index contributed by atoms with van der Waals surface area (Å²) in [5.41, 5.74) is 2.32. The molecule has 0 radical (unpaired) electrons. The number of ether oxygens (including phenoxy) is 1. The largest absolute Gasteiger partial charge is 0.383 e. The molecule has 1 amide bonds. The molecule has 0 spiro atoms. The number of methoxy groups -OCH3 is 1. The highest BCUT2D eigenvalue weighted by molar-refractivity contribution is 5.77. The molecule has 22 heavy (non-hydrogen) atoms. The molecular weight excluding hydrogens is 280 g/mol. The molecule has 0 bridgehead atoms. The molecule has 1 aliphatic rings. The summed E-state index contributed by atoms with van der Waals surface area (Å²) in [6.45, 7) is 8.77. The lowest BCUT2D eigenvalue weighted by molar-refractivity contribution is -0.122. The van der Waals surface area contributed by atoms with Gasteiger partial charge in [0.05, 0.1) is 18.8 Å². The standard InChI is InChI=1S/C16H28N4O2/c1-13-10-14(2)20(18-13)11-15-4-7-19(8-5-15)12-16(21)17-6-9-22-3/h10,15H,4-9,11-12H2,1-3H3,(H,17,21). The molecule has 2 heterocycles. The van der Waals surface area contributed by atoms with E-state index in [1.165, 1.54) is 5.69 Å². The minimum atomic E-state index is 0.0917. The third-order valence-electron chi connectivity index (χ3n) is 4.24. The first-order valence-corrected chi connectivity index (χ1v) is 8.07. The van der Waals surface area contributed by atoms with E-state index in [1.54, 1.807) is 7.11 Å². The van der Waals surface area contributed by atoms with Crippen molar-refractivity contribution in [3.8, 4) is 0 Å². The number of rotatable bonds is 7. The molecule has 0 aromatic carbocycles. The van der Waals surface area contributed by atoms with Crippen LogP contribution in [0.15, 0.2) is 6.07 Å². The molecule has 0 atom stereocenters. The highest BCUT2D eigenvalue weighted by Gasteiger charge is 2.21. The second-order valence-corrected chi connectivity index (χ2v) is 6.17. The van der Waals surface area contributed by atoms with Crippen molar-refractivity contribution in [2.24, 2.45) is 5.92 Å². The smallest absolute Gasteiger partial charge is 0.234 e. The van der Waals surface area contributed by atoms with Crippen LogP contribution >= 0.6 is 0 Å². The lowest BCUT2D eigenvalue weighted by Gasteiger charge is -2.31. The lowest BCUT2D eigenvalue weighted by atomic mass is 9.97. The fourth-order valence-corrected chi connectivity index (χ4v) is 2.98. The third-order valence-corrected chi connectivity index (χ3v) is 4.24. The van der Waals surface area contributed by atoms with Crippen molar-refractivity contribution in [1.82, 2.24) is 20.0 Å². The number of carbonyl (C=O) groups is 1. The molecule has 1 aromatic rings. The van der Waals surface area contributed by atoms with Gasteiger partial charge in [0.15, 0.2) is 0 Å². The molecule has 0 saturated carbocycles. The predicted octanol–water partition coefficient (Wildman–Crippen LogP) is 0.975. The van der Waals surface area contributed by atoms with E-state index in [9.17, 15) is 4.79 Å². The number of amides is 1. The molecule has 1 fully saturated rings. The average Bonchev–Trinajstić information content (AvgIpc) is 2.79. The number of nitrogens with one attached hydrogen (secondary N) is 1. The van der Waals surface area contributed by atoms with Crippen molar-refractivity contribution >= 4 is 5.91 Å². The van der Waals surface area contributed by atoms with Crippen molar-refractivity contribution in [3.05, 3.63) is 17.5 Å². The number of piperidine rings is 1. The van der Waals surface area contributed by atoms with E-state index in [4.69, 9.17) is 4.74 Å². The van der Waals surface area contributed by atoms with E-state index < -0.39 is 0 Å². The molecule has 1 N–H and O–H groups in total. The summed E-state index contributed by atoms with van der Waals surface area (Å²) < 4.78 is 7.05. The summed E-state index contributed by atoms with van der Waals surface area (Å²) in [4.78, 5) is 14.0. The van der Waals surface area contributed by atoms with E-state index >= 15 is 0 Å². The van der Waals surface area contributed by atoms with Gasteiger partial charge in [0.25, 0.3) is 0 Å². The van der Waals surface area contributed by atoms with Crippen molar-refractivity contribution in [1.29, 1.82) is 0 Å². The van der Waals surface area contributed by atoms with Crippen LogP contribution in [-0.4, -0.2) is 60.5 Å². The summed E-state index contributed by atoms with van der Waals surface area (Å²) in [6, 6.07) is 2.12. The first kappa shape index (κ1) is 17.0. The van der Waals surface area contributed by atoms with Crippen LogP contribution in [0.4, 0.5) is 0 Å². The van der Waals surface area contributed by atoms with Gasteiger partial charge < -0.3 is 10.1 Å². The molecule has 1 aromatic heterocycles. The van der Waals surface area contributed by atoms with Crippen LogP contribution in [-0.2, 0) is 16.1 Å². The van der Waals surface area contributed by atoms with Crippen molar-refractivity contribution in [3.63, 3.8) is 0 Å². The van der Waals surface area contributed by atoms with Crippen LogP contribution in [0, 0.1) is 19.8 Å². The van der Waals surface area contributed by atoms with Gasteiger partial charge in [-0.05, 0) is 51.8 Å². The summed E-state index contributed by atoms with van der Waals surface area (Å²) >= 11 is 0. The van der Waals surface area contributed by atoms with Gasteiger partial charge in [-0.2, -0.15) is 5.10 Å². The second-order valence-electron chi connectivity index (χ2n) is 6.17. The van der Waals surface area contributed by atoms with E-state index in [-0.39, 0.29) is 5.91 Å². The van der Waals surface area contributed by atoms with E-state index in [0.29, 0.717) is 25.6 Å². The van der Waals surface area contributed by atoms with E-state index in [2.05, 4.69) is 33.0 Å². The first-order valence-electron chi connectivity index (χ1n) is 8.07. The number of hydrogen-bond donors (Lipinski definition) is 1. The summed E-state index contributed by atoms with van der Waals surface area (Å²) in [7, 11) is 1.64. The number of likely N-dealkylation sites (tertiary alicyclic amines) is 1. The molecule has 1 aliphatic heterocycles. The van der Waals surface area contributed by atoms with Crippen molar-refractivity contribution < 1.29 is 9.53 Å². The minimum Gasteiger partial charge on any atom is -0.383 e. The maximum absolute atomic E-state index is 11.8. The van der Waals surface area contributed by atoms with Crippen molar-refractivity contribution in [2.45, 2.75) is 33.2 Å². The Labute approximate surface area is 132 Å².